The van der Waals surface area contributed by atoms with Crippen molar-refractivity contribution in [2.24, 2.45) is 0 Å². The second-order valence-corrected chi connectivity index (χ2v) is 8.52. The maximum atomic E-state index is 12.5. The van der Waals surface area contributed by atoms with Crippen molar-refractivity contribution in [3.8, 4) is 6.07 Å². The van der Waals surface area contributed by atoms with Crippen LogP contribution in [-0.4, -0.2) is 26.3 Å². The van der Waals surface area contributed by atoms with Crippen LogP contribution in [0.4, 0.5) is 10.9 Å². The maximum absolute atomic E-state index is 12.5. The number of nitriles is 1. The van der Waals surface area contributed by atoms with Gasteiger partial charge in [0.25, 0.3) is 5.56 Å². The first kappa shape index (κ1) is 16.6. The van der Waals surface area contributed by atoms with E-state index < -0.39 is 0 Å². The zero-order valence-corrected chi connectivity index (χ0v) is 15.6. The number of aromatic nitrogens is 4. The minimum absolute atomic E-state index is 0.199. The monoisotopic (exact) mass is 369 g/mol. The summed E-state index contributed by atoms with van der Waals surface area (Å²) in [6.45, 7) is 7.30. The van der Waals surface area contributed by atoms with Gasteiger partial charge in [-0.3, -0.25) is 9.78 Å². The fraction of sp³-hybridized carbons (Fsp3) is 0.412. The van der Waals surface area contributed by atoms with Gasteiger partial charge in [0.05, 0.1) is 23.8 Å². The van der Waals surface area contributed by atoms with Crippen LogP contribution in [0.25, 0.3) is 11.0 Å². The lowest BCUT2D eigenvalue weighted by Gasteiger charge is -2.27. The van der Waals surface area contributed by atoms with E-state index in [9.17, 15) is 10.1 Å². The van der Waals surface area contributed by atoms with Crippen LogP contribution in [0.5, 0.6) is 0 Å². The Morgan fingerprint density at radius 1 is 1.42 bits per heavy atom. The third-order valence-corrected chi connectivity index (χ3v) is 5.60. The van der Waals surface area contributed by atoms with Crippen molar-refractivity contribution in [1.29, 1.82) is 5.26 Å². The van der Waals surface area contributed by atoms with Gasteiger partial charge in [-0.05, 0) is 32.8 Å². The number of nitrogens with zero attached hydrogens (tertiary/aromatic N) is 5. The second kappa shape index (κ2) is 5.57. The van der Waals surface area contributed by atoms with E-state index in [4.69, 9.17) is 5.73 Å². The molecule has 26 heavy (non-hydrogen) atoms. The quantitative estimate of drug-likeness (QED) is 0.677. The molecular formula is C17H19N7OS. The fourth-order valence-corrected chi connectivity index (χ4v) is 4.36. The molecule has 3 N–H and O–H groups in total. The van der Waals surface area contributed by atoms with Gasteiger partial charge < -0.3 is 10.6 Å². The average molecular weight is 369 g/mol. The number of aromatic amines is 1. The Labute approximate surface area is 153 Å². The first-order chi connectivity index (χ1) is 12.3. The lowest BCUT2D eigenvalue weighted by molar-refractivity contribution is 0.366. The van der Waals surface area contributed by atoms with E-state index in [0.717, 1.165) is 10.4 Å². The largest absolute Gasteiger partial charge is 0.389 e. The third-order valence-electron chi connectivity index (χ3n) is 4.56. The number of nitrogens with one attached hydrogen (secondary N) is 1. The molecule has 1 aliphatic rings. The molecule has 0 spiro atoms. The van der Waals surface area contributed by atoms with Gasteiger partial charge in [0.2, 0.25) is 5.95 Å². The number of thiophene rings is 1. The number of nitrogen functional groups attached to an aromatic ring is 1. The van der Waals surface area contributed by atoms with Crippen LogP contribution >= 0.6 is 11.3 Å². The van der Waals surface area contributed by atoms with Gasteiger partial charge in [-0.15, -0.1) is 11.3 Å². The van der Waals surface area contributed by atoms with E-state index in [1.807, 2.05) is 25.7 Å². The van der Waals surface area contributed by atoms with Gasteiger partial charge in [0.1, 0.15) is 16.5 Å². The molecule has 0 saturated carbocycles. The minimum Gasteiger partial charge on any atom is -0.389 e. The Morgan fingerprint density at radius 2 is 2.19 bits per heavy atom. The smallest absolute Gasteiger partial charge is 0.263 e. The van der Waals surface area contributed by atoms with Crippen molar-refractivity contribution in [1.82, 2.24) is 19.7 Å². The Hall–Kier alpha value is -2.86. The van der Waals surface area contributed by atoms with Crippen molar-refractivity contribution >= 4 is 33.3 Å². The van der Waals surface area contributed by atoms with Gasteiger partial charge in [-0.2, -0.15) is 15.3 Å². The summed E-state index contributed by atoms with van der Waals surface area (Å²) in [6.07, 6.45) is 2.26. The average Bonchev–Trinajstić information content (AvgIpc) is 3.13. The number of anilines is 2. The van der Waals surface area contributed by atoms with E-state index in [1.54, 1.807) is 10.9 Å². The highest BCUT2D eigenvalue weighted by Gasteiger charge is 2.26. The van der Waals surface area contributed by atoms with E-state index in [2.05, 4.69) is 21.1 Å². The number of rotatable bonds is 1. The molecule has 1 aliphatic heterocycles. The fourth-order valence-electron chi connectivity index (χ4n) is 3.28. The summed E-state index contributed by atoms with van der Waals surface area (Å²) in [4.78, 5) is 23.1. The van der Waals surface area contributed by atoms with E-state index in [0.29, 0.717) is 47.1 Å². The van der Waals surface area contributed by atoms with Crippen LogP contribution < -0.4 is 16.2 Å². The third kappa shape index (κ3) is 2.45. The normalized spacial score (nSPS) is 14.5. The highest BCUT2D eigenvalue weighted by atomic mass is 32.1. The summed E-state index contributed by atoms with van der Waals surface area (Å²) >= 11 is 1.43. The van der Waals surface area contributed by atoms with Gasteiger partial charge in [0.15, 0.2) is 5.65 Å². The van der Waals surface area contributed by atoms with Crippen molar-refractivity contribution < 1.29 is 0 Å². The van der Waals surface area contributed by atoms with Crippen LogP contribution in [0, 0.1) is 11.3 Å². The molecule has 8 nitrogen and oxygen atoms in total. The van der Waals surface area contributed by atoms with Crippen LogP contribution in [0.2, 0.25) is 0 Å². The van der Waals surface area contributed by atoms with Gasteiger partial charge in [-0.25, -0.2) is 4.68 Å². The van der Waals surface area contributed by atoms with Gasteiger partial charge in [-0.1, -0.05) is 0 Å². The molecule has 4 heterocycles. The summed E-state index contributed by atoms with van der Waals surface area (Å²) in [6, 6.07) is 2.19. The molecule has 0 fully saturated rings. The maximum Gasteiger partial charge on any atom is 0.263 e. The summed E-state index contributed by atoms with van der Waals surface area (Å²) in [7, 11) is 0. The molecule has 0 saturated heterocycles. The molecule has 3 aromatic rings. The lowest BCUT2D eigenvalue weighted by Crippen LogP contribution is -2.33. The molecule has 134 valence electrons. The van der Waals surface area contributed by atoms with E-state index in [1.165, 1.54) is 11.3 Å². The predicted molar refractivity (Wildman–Crippen MR) is 101 cm³/mol. The first-order valence-corrected chi connectivity index (χ1v) is 9.15. The Bertz CT molecular complexity index is 1110. The Morgan fingerprint density at radius 3 is 2.88 bits per heavy atom. The highest BCUT2D eigenvalue weighted by Crippen LogP contribution is 2.35. The van der Waals surface area contributed by atoms with E-state index in [-0.39, 0.29) is 11.1 Å². The topological polar surface area (TPSA) is 117 Å². The van der Waals surface area contributed by atoms with E-state index >= 15 is 0 Å². The number of fused-ring (bicyclic) bond motifs is 2. The molecule has 3 aromatic heterocycles. The molecule has 0 bridgehead atoms. The number of H-pyrrole nitrogens is 1. The van der Waals surface area contributed by atoms with Crippen molar-refractivity contribution in [3.05, 3.63) is 32.6 Å². The number of nitrogens with two attached hydrogens (primary N) is 1. The SMILES string of the molecule is CC(C)(C)n1ncc2c(=O)[nH]c(N3CCc4c(sc(N)c4C#N)C3)nc21. The molecule has 0 radical (unpaired) electrons. The van der Waals surface area contributed by atoms with Crippen LogP contribution in [0.1, 0.15) is 36.8 Å². The summed E-state index contributed by atoms with van der Waals surface area (Å²) in [5.74, 6) is 0.518. The molecule has 0 amide bonds. The van der Waals surface area contributed by atoms with Crippen molar-refractivity contribution in [2.45, 2.75) is 39.3 Å². The molecule has 0 aromatic carbocycles. The number of hydrogen-bond donors (Lipinski definition) is 2. The van der Waals surface area contributed by atoms with Gasteiger partial charge in [0, 0.05) is 11.4 Å². The Balaban J connectivity index is 1.78. The summed E-state index contributed by atoms with van der Waals surface area (Å²) in [5, 5.41) is 14.7. The van der Waals surface area contributed by atoms with Crippen LogP contribution in [0.3, 0.4) is 0 Å². The minimum atomic E-state index is -0.279. The lowest BCUT2D eigenvalue weighted by atomic mass is 10.0. The zero-order chi connectivity index (χ0) is 18.6. The van der Waals surface area contributed by atoms with Crippen molar-refractivity contribution in [2.75, 3.05) is 17.2 Å². The molecule has 0 unspecified atom stereocenters. The second-order valence-electron chi connectivity index (χ2n) is 7.38. The van der Waals surface area contributed by atoms with Gasteiger partial charge >= 0.3 is 0 Å². The molecular weight excluding hydrogens is 350 g/mol. The summed E-state index contributed by atoms with van der Waals surface area (Å²) in [5.41, 5.74) is 7.67. The van der Waals surface area contributed by atoms with Crippen LogP contribution in [-0.2, 0) is 18.5 Å². The number of hydrogen-bond acceptors (Lipinski definition) is 7. The van der Waals surface area contributed by atoms with Crippen LogP contribution in [0.15, 0.2) is 11.0 Å². The predicted octanol–water partition coefficient (Wildman–Crippen LogP) is 1.95. The summed E-state index contributed by atoms with van der Waals surface area (Å²) < 4.78 is 1.77. The molecule has 0 aliphatic carbocycles. The van der Waals surface area contributed by atoms with Crippen molar-refractivity contribution in [3.63, 3.8) is 0 Å². The molecule has 0 atom stereocenters. The Kier molecular flexibility index (Phi) is 3.56. The highest BCUT2D eigenvalue weighted by molar-refractivity contribution is 7.16. The first-order valence-electron chi connectivity index (χ1n) is 8.33. The molecule has 4 rings (SSSR count). The molecule has 9 heteroatoms. The zero-order valence-electron chi connectivity index (χ0n) is 14.8. The standard InChI is InChI=1S/C17H19N7OS/c1-17(2,3)24-14-11(7-20-24)15(25)22-16(21-14)23-5-4-9-10(6-18)13(19)26-12(9)8-23/h7H,4-5,8,19H2,1-3H3,(H,21,22,25).